The second-order valence-electron chi connectivity index (χ2n) is 4.93. The number of nitrogens with one attached hydrogen (secondary N) is 1. The first-order valence-electron chi connectivity index (χ1n) is 6.57. The summed E-state index contributed by atoms with van der Waals surface area (Å²) >= 11 is 0. The van der Waals surface area contributed by atoms with Crippen molar-refractivity contribution in [2.75, 3.05) is 12.4 Å². The molecule has 19 heavy (non-hydrogen) atoms. The van der Waals surface area contributed by atoms with Crippen LogP contribution in [0.2, 0.25) is 0 Å². The molecule has 2 nitrogen and oxygen atoms in total. The Kier molecular flexibility index (Phi) is 4.58. The van der Waals surface area contributed by atoms with Crippen LogP contribution in [0.5, 0.6) is 0 Å². The zero-order valence-corrected chi connectivity index (χ0v) is 11.9. The lowest BCUT2D eigenvalue weighted by Crippen LogP contribution is -2.04. The Morgan fingerprint density at radius 1 is 0.947 bits per heavy atom. The van der Waals surface area contributed by atoms with Gasteiger partial charge >= 0.3 is 0 Å². The zero-order chi connectivity index (χ0) is 13.7. The number of anilines is 1. The number of hydrogen-bond donors (Lipinski definition) is 1. The Morgan fingerprint density at radius 3 is 2.21 bits per heavy atom. The average molecular weight is 255 g/mol. The number of rotatable bonds is 5. The van der Waals surface area contributed by atoms with Crippen LogP contribution >= 0.6 is 0 Å². The smallest absolute Gasteiger partial charge is 0.0716 e. The van der Waals surface area contributed by atoms with Crippen molar-refractivity contribution >= 4 is 5.69 Å². The van der Waals surface area contributed by atoms with Crippen molar-refractivity contribution in [3.05, 3.63) is 64.7 Å². The second kappa shape index (κ2) is 6.39. The molecule has 0 saturated heterocycles. The van der Waals surface area contributed by atoms with Gasteiger partial charge in [-0.2, -0.15) is 0 Å². The van der Waals surface area contributed by atoms with E-state index < -0.39 is 0 Å². The lowest BCUT2D eigenvalue weighted by molar-refractivity contribution is 0.184. The molecule has 0 aromatic heterocycles. The van der Waals surface area contributed by atoms with Gasteiger partial charge in [0.2, 0.25) is 0 Å². The molecule has 1 N–H and O–H groups in total. The van der Waals surface area contributed by atoms with Gasteiger partial charge in [-0.25, -0.2) is 0 Å². The summed E-state index contributed by atoms with van der Waals surface area (Å²) in [5.41, 5.74) is 6.26. The SMILES string of the molecule is COCc1ccccc1CNc1cc(C)cc(C)c1. The van der Waals surface area contributed by atoms with Gasteiger partial charge in [0.1, 0.15) is 0 Å². The van der Waals surface area contributed by atoms with Gasteiger partial charge in [0.25, 0.3) is 0 Å². The van der Waals surface area contributed by atoms with Gasteiger partial charge in [-0.05, 0) is 48.2 Å². The molecular formula is C17H21NO. The van der Waals surface area contributed by atoms with Crippen LogP contribution in [0.1, 0.15) is 22.3 Å². The van der Waals surface area contributed by atoms with Crippen LogP contribution < -0.4 is 5.32 Å². The molecule has 0 fully saturated rings. The first kappa shape index (κ1) is 13.6. The average Bonchev–Trinajstić information content (AvgIpc) is 2.37. The molecule has 2 aromatic carbocycles. The fraction of sp³-hybridized carbons (Fsp3) is 0.294. The third-order valence-corrected chi connectivity index (χ3v) is 3.12. The molecule has 0 atom stereocenters. The molecule has 2 aromatic rings. The fourth-order valence-electron chi connectivity index (χ4n) is 2.30. The minimum atomic E-state index is 0.657. The molecule has 0 spiro atoms. The molecule has 0 aliphatic carbocycles. The van der Waals surface area contributed by atoms with E-state index in [4.69, 9.17) is 4.74 Å². The van der Waals surface area contributed by atoms with Gasteiger partial charge in [0, 0.05) is 19.3 Å². The van der Waals surface area contributed by atoms with E-state index in [1.165, 1.54) is 27.9 Å². The number of ether oxygens (including phenoxy) is 1. The van der Waals surface area contributed by atoms with Crippen LogP contribution in [-0.2, 0) is 17.9 Å². The number of benzene rings is 2. The minimum absolute atomic E-state index is 0.657. The standard InChI is InChI=1S/C17H21NO/c1-13-8-14(2)10-17(9-13)18-11-15-6-4-5-7-16(15)12-19-3/h4-10,18H,11-12H2,1-3H3. The summed E-state index contributed by atoms with van der Waals surface area (Å²) in [6, 6.07) is 14.9. The summed E-state index contributed by atoms with van der Waals surface area (Å²) in [6.07, 6.45) is 0. The second-order valence-corrected chi connectivity index (χ2v) is 4.93. The molecule has 100 valence electrons. The van der Waals surface area contributed by atoms with E-state index in [1.807, 2.05) is 0 Å². The molecule has 0 amide bonds. The van der Waals surface area contributed by atoms with Gasteiger partial charge in [-0.1, -0.05) is 30.3 Å². The van der Waals surface area contributed by atoms with E-state index in [9.17, 15) is 0 Å². The van der Waals surface area contributed by atoms with E-state index in [0.717, 1.165) is 6.54 Å². The van der Waals surface area contributed by atoms with Gasteiger partial charge in [-0.3, -0.25) is 0 Å². The lowest BCUT2D eigenvalue weighted by atomic mass is 10.1. The van der Waals surface area contributed by atoms with Crippen LogP contribution in [0, 0.1) is 13.8 Å². The maximum atomic E-state index is 5.23. The van der Waals surface area contributed by atoms with Crippen molar-refractivity contribution in [1.82, 2.24) is 0 Å². The lowest BCUT2D eigenvalue weighted by Gasteiger charge is -2.12. The Hall–Kier alpha value is -1.80. The van der Waals surface area contributed by atoms with Gasteiger partial charge in [0.15, 0.2) is 0 Å². The molecule has 0 saturated carbocycles. The van der Waals surface area contributed by atoms with Crippen molar-refractivity contribution in [3.63, 3.8) is 0 Å². The molecule has 2 rings (SSSR count). The van der Waals surface area contributed by atoms with Crippen molar-refractivity contribution in [1.29, 1.82) is 0 Å². The Morgan fingerprint density at radius 2 is 1.58 bits per heavy atom. The van der Waals surface area contributed by atoms with Crippen LogP contribution in [0.4, 0.5) is 5.69 Å². The molecule has 0 bridgehead atoms. The van der Waals surface area contributed by atoms with E-state index in [0.29, 0.717) is 6.61 Å². The van der Waals surface area contributed by atoms with E-state index >= 15 is 0 Å². The highest BCUT2D eigenvalue weighted by molar-refractivity contribution is 5.49. The van der Waals surface area contributed by atoms with Crippen LogP contribution in [-0.4, -0.2) is 7.11 Å². The quantitative estimate of drug-likeness (QED) is 0.870. The maximum absolute atomic E-state index is 5.23. The summed E-state index contributed by atoms with van der Waals surface area (Å²) in [5, 5.41) is 3.49. The van der Waals surface area contributed by atoms with E-state index in [-0.39, 0.29) is 0 Å². The molecule has 0 aliphatic heterocycles. The summed E-state index contributed by atoms with van der Waals surface area (Å²) in [6.45, 7) is 5.72. The molecule has 0 unspecified atom stereocenters. The van der Waals surface area contributed by atoms with Gasteiger partial charge < -0.3 is 10.1 Å². The normalized spacial score (nSPS) is 10.5. The van der Waals surface area contributed by atoms with Gasteiger partial charge in [0.05, 0.1) is 6.61 Å². The number of hydrogen-bond acceptors (Lipinski definition) is 2. The van der Waals surface area contributed by atoms with Crippen molar-refractivity contribution in [2.24, 2.45) is 0 Å². The highest BCUT2D eigenvalue weighted by Gasteiger charge is 2.02. The van der Waals surface area contributed by atoms with Gasteiger partial charge in [-0.15, -0.1) is 0 Å². The van der Waals surface area contributed by atoms with Crippen molar-refractivity contribution in [3.8, 4) is 0 Å². The van der Waals surface area contributed by atoms with Crippen molar-refractivity contribution in [2.45, 2.75) is 27.0 Å². The minimum Gasteiger partial charge on any atom is -0.381 e. The molecule has 0 aliphatic rings. The fourth-order valence-corrected chi connectivity index (χ4v) is 2.30. The Labute approximate surface area is 115 Å². The maximum Gasteiger partial charge on any atom is 0.0716 e. The Balaban J connectivity index is 2.09. The first-order chi connectivity index (χ1) is 9.19. The predicted molar refractivity (Wildman–Crippen MR) is 80.4 cm³/mol. The van der Waals surface area contributed by atoms with E-state index in [1.54, 1.807) is 7.11 Å². The summed E-state index contributed by atoms with van der Waals surface area (Å²) in [5.74, 6) is 0. The monoisotopic (exact) mass is 255 g/mol. The first-order valence-corrected chi connectivity index (χ1v) is 6.57. The van der Waals surface area contributed by atoms with Crippen LogP contribution in [0.15, 0.2) is 42.5 Å². The highest BCUT2D eigenvalue weighted by Crippen LogP contribution is 2.16. The summed E-state index contributed by atoms with van der Waals surface area (Å²) in [4.78, 5) is 0. The zero-order valence-electron chi connectivity index (χ0n) is 11.9. The molecule has 2 heteroatoms. The topological polar surface area (TPSA) is 21.3 Å². The number of methoxy groups -OCH3 is 1. The third-order valence-electron chi connectivity index (χ3n) is 3.12. The highest BCUT2D eigenvalue weighted by atomic mass is 16.5. The Bertz CT molecular complexity index is 528. The van der Waals surface area contributed by atoms with Crippen LogP contribution in [0.25, 0.3) is 0 Å². The van der Waals surface area contributed by atoms with Crippen LogP contribution in [0.3, 0.4) is 0 Å². The predicted octanol–water partition coefficient (Wildman–Crippen LogP) is 4.06. The van der Waals surface area contributed by atoms with E-state index in [2.05, 4.69) is 61.6 Å². The third kappa shape index (κ3) is 3.83. The molecule has 0 radical (unpaired) electrons. The van der Waals surface area contributed by atoms with Crippen molar-refractivity contribution < 1.29 is 4.74 Å². The molecule has 0 heterocycles. The number of aryl methyl sites for hydroxylation is 2. The summed E-state index contributed by atoms with van der Waals surface area (Å²) < 4.78 is 5.23. The largest absolute Gasteiger partial charge is 0.381 e. The summed E-state index contributed by atoms with van der Waals surface area (Å²) in [7, 11) is 1.73. The molecular weight excluding hydrogens is 234 g/mol.